The molecule has 1 aliphatic carbocycles. The number of aliphatic hydroxyl groups is 1. The summed E-state index contributed by atoms with van der Waals surface area (Å²) in [5, 5.41) is 12.8. The predicted molar refractivity (Wildman–Crippen MR) is 104 cm³/mol. The molecule has 1 fully saturated rings. The minimum absolute atomic E-state index is 0.0729. The fourth-order valence-electron chi connectivity index (χ4n) is 4.17. The summed E-state index contributed by atoms with van der Waals surface area (Å²) in [5.41, 5.74) is 3.69. The van der Waals surface area contributed by atoms with E-state index >= 15 is 0 Å². The molecule has 0 radical (unpaired) electrons. The Kier molecular flexibility index (Phi) is 5.50. The van der Waals surface area contributed by atoms with Crippen LogP contribution in [-0.4, -0.2) is 33.5 Å². The molecule has 5 nitrogen and oxygen atoms in total. The number of pyridine rings is 1. The van der Waals surface area contributed by atoms with Crippen LogP contribution in [0.5, 0.6) is 0 Å². The van der Waals surface area contributed by atoms with Crippen molar-refractivity contribution in [2.75, 3.05) is 6.54 Å². The first kappa shape index (κ1) is 18.1. The first-order valence-corrected chi connectivity index (χ1v) is 9.86. The van der Waals surface area contributed by atoms with E-state index < -0.39 is 0 Å². The number of fused-ring (bicyclic) bond motifs is 1. The summed E-state index contributed by atoms with van der Waals surface area (Å²) in [6.07, 6.45) is 4.35. The van der Waals surface area contributed by atoms with Crippen molar-refractivity contribution in [1.82, 2.24) is 15.2 Å². The highest BCUT2D eigenvalue weighted by molar-refractivity contribution is 5.76. The molecule has 1 amide bonds. The van der Waals surface area contributed by atoms with Gasteiger partial charge in [-0.05, 0) is 55.0 Å². The predicted octanol–water partition coefficient (Wildman–Crippen LogP) is 2.81. The van der Waals surface area contributed by atoms with Crippen LogP contribution in [0.1, 0.15) is 48.5 Å². The molecule has 1 unspecified atom stereocenters. The lowest BCUT2D eigenvalue weighted by Crippen LogP contribution is -2.41. The zero-order chi connectivity index (χ0) is 18.6. The van der Waals surface area contributed by atoms with E-state index in [9.17, 15) is 9.90 Å². The molecule has 2 aliphatic rings. The number of nitrogens with one attached hydrogen (secondary N) is 1. The highest BCUT2D eigenvalue weighted by atomic mass is 16.3. The van der Waals surface area contributed by atoms with Gasteiger partial charge in [-0.15, -0.1) is 0 Å². The number of rotatable bonds is 7. The third kappa shape index (κ3) is 4.37. The van der Waals surface area contributed by atoms with Crippen LogP contribution in [-0.2, 0) is 17.9 Å². The van der Waals surface area contributed by atoms with Gasteiger partial charge in [-0.25, -0.2) is 0 Å². The Morgan fingerprint density at radius 1 is 1.15 bits per heavy atom. The normalized spacial score (nSPS) is 22.7. The average molecular weight is 365 g/mol. The minimum Gasteiger partial charge on any atom is -0.393 e. The Balaban J connectivity index is 1.26. The minimum atomic E-state index is -0.241. The van der Waals surface area contributed by atoms with Crippen LogP contribution in [0.3, 0.4) is 0 Å². The molecule has 1 aromatic carbocycles. The standard InChI is InChI=1S/C22H27N3O2/c26-19-12-18(13-19)22(20-8-3-4-10-23-20)24-21(27)9-5-11-25-14-16-6-1-2-7-17(16)15-25/h1-4,6-8,10,18-19,22,26H,5,9,11-15H2,(H,24,27). The van der Waals surface area contributed by atoms with Crippen molar-refractivity contribution in [1.29, 1.82) is 0 Å². The Morgan fingerprint density at radius 2 is 1.85 bits per heavy atom. The summed E-state index contributed by atoms with van der Waals surface area (Å²) in [4.78, 5) is 19.3. The molecule has 0 spiro atoms. The summed E-state index contributed by atoms with van der Waals surface area (Å²) in [7, 11) is 0. The largest absolute Gasteiger partial charge is 0.393 e. The quantitative estimate of drug-likeness (QED) is 0.792. The molecule has 4 rings (SSSR count). The van der Waals surface area contributed by atoms with E-state index in [1.807, 2.05) is 18.2 Å². The van der Waals surface area contributed by atoms with Crippen molar-refractivity contribution in [3.05, 3.63) is 65.5 Å². The number of hydrogen-bond acceptors (Lipinski definition) is 4. The van der Waals surface area contributed by atoms with E-state index in [4.69, 9.17) is 0 Å². The number of nitrogens with zero attached hydrogens (tertiary/aromatic N) is 2. The van der Waals surface area contributed by atoms with Gasteiger partial charge in [-0.1, -0.05) is 30.3 Å². The number of aromatic nitrogens is 1. The number of carbonyl (C=O) groups is 1. The number of carbonyl (C=O) groups excluding carboxylic acids is 1. The third-order valence-electron chi connectivity index (χ3n) is 5.73. The first-order chi connectivity index (χ1) is 13.2. The van der Waals surface area contributed by atoms with Crippen LogP contribution in [0.4, 0.5) is 0 Å². The Morgan fingerprint density at radius 3 is 2.48 bits per heavy atom. The fourth-order valence-corrected chi connectivity index (χ4v) is 4.17. The summed E-state index contributed by atoms with van der Waals surface area (Å²) >= 11 is 0. The van der Waals surface area contributed by atoms with Crippen molar-refractivity contribution in [2.45, 2.75) is 50.9 Å². The number of benzene rings is 1. The molecular weight excluding hydrogens is 338 g/mol. The molecule has 2 N–H and O–H groups in total. The van der Waals surface area contributed by atoms with Gasteiger partial charge >= 0.3 is 0 Å². The van der Waals surface area contributed by atoms with E-state index in [1.54, 1.807) is 6.20 Å². The van der Waals surface area contributed by atoms with Gasteiger partial charge in [0.15, 0.2) is 0 Å². The molecule has 0 bridgehead atoms. The van der Waals surface area contributed by atoms with Crippen molar-refractivity contribution in [3.8, 4) is 0 Å². The molecule has 2 aromatic rings. The zero-order valence-corrected chi connectivity index (χ0v) is 15.6. The highest BCUT2D eigenvalue weighted by Crippen LogP contribution is 2.37. The summed E-state index contributed by atoms with van der Waals surface area (Å²) in [6, 6.07) is 14.2. The maximum Gasteiger partial charge on any atom is 0.220 e. The maximum absolute atomic E-state index is 12.5. The van der Waals surface area contributed by atoms with Crippen LogP contribution in [0.15, 0.2) is 48.7 Å². The molecule has 5 heteroatoms. The molecule has 0 saturated heterocycles. The number of amides is 1. The third-order valence-corrected chi connectivity index (χ3v) is 5.73. The number of hydrogen-bond donors (Lipinski definition) is 2. The SMILES string of the molecule is O=C(CCCN1Cc2ccccc2C1)NC(c1ccccn1)C1CC(O)C1. The van der Waals surface area contributed by atoms with Crippen LogP contribution in [0, 0.1) is 5.92 Å². The monoisotopic (exact) mass is 365 g/mol. The summed E-state index contributed by atoms with van der Waals surface area (Å²) < 4.78 is 0. The van der Waals surface area contributed by atoms with Crippen molar-refractivity contribution < 1.29 is 9.90 Å². The van der Waals surface area contributed by atoms with Crippen molar-refractivity contribution in [3.63, 3.8) is 0 Å². The molecule has 1 atom stereocenters. The van der Waals surface area contributed by atoms with Crippen LogP contribution in [0.2, 0.25) is 0 Å². The highest BCUT2D eigenvalue weighted by Gasteiger charge is 2.36. The average Bonchev–Trinajstić information content (AvgIpc) is 3.07. The lowest BCUT2D eigenvalue weighted by Gasteiger charge is -2.37. The van der Waals surface area contributed by atoms with E-state index in [0.717, 1.165) is 44.6 Å². The van der Waals surface area contributed by atoms with Gasteiger partial charge in [-0.3, -0.25) is 14.7 Å². The molecule has 142 valence electrons. The van der Waals surface area contributed by atoms with Crippen LogP contribution in [0.25, 0.3) is 0 Å². The topological polar surface area (TPSA) is 65.5 Å². The lowest BCUT2D eigenvalue weighted by molar-refractivity contribution is -0.123. The van der Waals surface area contributed by atoms with E-state index in [-0.39, 0.29) is 24.0 Å². The second-order valence-corrected chi connectivity index (χ2v) is 7.77. The molecule has 1 saturated carbocycles. The first-order valence-electron chi connectivity index (χ1n) is 9.86. The summed E-state index contributed by atoms with van der Waals surface area (Å²) in [5.74, 6) is 0.343. The van der Waals surface area contributed by atoms with Crippen molar-refractivity contribution >= 4 is 5.91 Å². The van der Waals surface area contributed by atoms with E-state index in [1.165, 1.54) is 11.1 Å². The Hall–Kier alpha value is -2.24. The van der Waals surface area contributed by atoms with Gasteiger partial charge in [-0.2, -0.15) is 0 Å². The fraction of sp³-hybridized carbons (Fsp3) is 0.455. The molecule has 1 aliphatic heterocycles. The molecule has 1 aromatic heterocycles. The van der Waals surface area contributed by atoms with Gasteiger partial charge in [0.25, 0.3) is 0 Å². The lowest BCUT2D eigenvalue weighted by atomic mass is 9.76. The molecule has 2 heterocycles. The van der Waals surface area contributed by atoms with E-state index in [0.29, 0.717) is 6.42 Å². The van der Waals surface area contributed by atoms with E-state index in [2.05, 4.69) is 39.5 Å². The summed E-state index contributed by atoms with van der Waals surface area (Å²) in [6.45, 7) is 2.89. The van der Waals surface area contributed by atoms with Crippen LogP contribution < -0.4 is 5.32 Å². The zero-order valence-electron chi connectivity index (χ0n) is 15.6. The van der Waals surface area contributed by atoms with Gasteiger partial charge in [0.2, 0.25) is 5.91 Å². The molecular formula is C22H27N3O2. The Bertz CT molecular complexity index is 749. The van der Waals surface area contributed by atoms with Gasteiger partial charge in [0.05, 0.1) is 17.8 Å². The van der Waals surface area contributed by atoms with Crippen molar-refractivity contribution in [2.24, 2.45) is 5.92 Å². The Labute approximate surface area is 160 Å². The smallest absolute Gasteiger partial charge is 0.220 e. The second-order valence-electron chi connectivity index (χ2n) is 7.77. The van der Waals surface area contributed by atoms with Gasteiger partial charge in [0, 0.05) is 25.7 Å². The number of aliphatic hydroxyl groups excluding tert-OH is 1. The van der Waals surface area contributed by atoms with Gasteiger partial charge < -0.3 is 10.4 Å². The van der Waals surface area contributed by atoms with Crippen LogP contribution >= 0.6 is 0 Å². The molecule has 27 heavy (non-hydrogen) atoms. The van der Waals surface area contributed by atoms with Gasteiger partial charge in [0.1, 0.15) is 0 Å². The second kappa shape index (κ2) is 8.19. The maximum atomic E-state index is 12.5.